The number of methoxy groups -OCH3 is 1. The van der Waals surface area contributed by atoms with Crippen LogP contribution in [0.1, 0.15) is 0 Å². The van der Waals surface area contributed by atoms with Crippen molar-refractivity contribution in [2.24, 2.45) is 0 Å². The Kier molecular flexibility index (Phi) is 6.33. The first-order chi connectivity index (χ1) is 13.5. The van der Waals surface area contributed by atoms with Crippen molar-refractivity contribution in [1.29, 1.82) is 0 Å². The fourth-order valence-corrected chi connectivity index (χ4v) is 3.29. The van der Waals surface area contributed by atoms with Crippen LogP contribution in [0.15, 0.2) is 42.5 Å². The molecular formula is C19H21ClN4O4. The predicted octanol–water partition coefficient (Wildman–Crippen LogP) is 3.02. The lowest BCUT2D eigenvalue weighted by Crippen LogP contribution is -2.48. The second-order valence-corrected chi connectivity index (χ2v) is 6.84. The number of hydrogen-bond acceptors (Lipinski definition) is 6. The fraction of sp³-hybridized carbons (Fsp3) is 0.316. The minimum Gasteiger partial charge on any atom is -0.497 e. The molecule has 28 heavy (non-hydrogen) atoms. The number of hydrogen-bond donors (Lipinski definition) is 1. The second-order valence-electron chi connectivity index (χ2n) is 6.44. The average molecular weight is 405 g/mol. The maximum absolute atomic E-state index is 12.3. The maximum Gasteiger partial charge on any atom is 0.289 e. The first kappa shape index (κ1) is 19.9. The van der Waals surface area contributed by atoms with Crippen molar-refractivity contribution in [3.63, 3.8) is 0 Å². The predicted molar refractivity (Wildman–Crippen MR) is 108 cm³/mol. The van der Waals surface area contributed by atoms with E-state index in [0.29, 0.717) is 5.69 Å². The van der Waals surface area contributed by atoms with E-state index in [2.05, 4.69) is 15.1 Å². The van der Waals surface area contributed by atoms with Crippen molar-refractivity contribution in [1.82, 2.24) is 4.90 Å². The number of carbonyl (C=O) groups excluding carboxylic acids is 1. The van der Waals surface area contributed by atoms with E-state index in [0.717, 1.165) is 37.6 Å². The van der Waals surface area contributed by atoms with Gasteiger partial charge in [0.1, 0.15) is 10.8 Å². The summed E-state index contributed by atoms with van der Waals surface area (Å²) in [6, 6.07) is 12.1. The summed E-state index contributed by atoms with van der Waals surface area (Å²) < 4.78 is 5.27. The van der Waals surface area contributed by atoms with Crippen LogP contribution in [0.3, 0.4) is 0 Å². The van der Waals surface area contributed by atoms with E-state index in [1.54, 1.807) is 13.2 Å². The van der Waals surface area contributed by atoms with Gasteiger partial charge in [-0.05, 0) is 24.3 Å². The van der Waals surface area contributed by atoms with Crippen LogP contribution in [-0.4, -0.2) is 55.6 Å². The number of nitrogens with zero attached hydrogens (tertiary/aromatic N) is 3. The molecule has 0 aromatic heterocycles. The van der Waals surface area contributed by atoms with Crippen molar-refractivity contribution in [2.45, 2.75) is 0 Å². The van der Waals surface area contributed by atoms with Crippen molar-refractivity contribution in [3.05, 3.63) is 57.6 Å². The van der Waals surface area contributed by atoms with Gasteiger partial charge in [-0.3, -0.25) is 19.8 Å². The number of ether oxygens (including phenoxy) is 1. The van der Waals surface area contributed by atoms with Crippen molar-refractivity contribution in [2.75, 3.05) is 50.1 Å². The number of carbonyl (C=O) groups is 1. The molecule has 2 aromatic carbocycles. The summed E-state index contributed by atoms with van der Waals surface area (Å²) in [4.78, 5) is 27.0. The number of nitro groups is 1. The highest BCUT2D eigenvalue weighted by Crippen LogP contribution is 2.27. The fourth-order valence-electron chi connectivity index (χ4n) is 3.11. The lowest BCUT2D eigenvalue weighted by atomic mass is 10.2. The van der Waals surface area contributed by atoms with Crippen molar-refractivity contribution >= 4 is 34.6 Å². The number of nitrogens with one attached hydrogen (secondary N) is 1. The number of nitro benzene ring substituents is 1. The zero-order valence-corrected chi connectivity index (χ0v) is 16.2. The first-order valence-electron chi connectivity index (χ1n) is 8.81. The molecule has 148 valence electrons. The molecule has 0 atom stereocenters. The molecule has 1 heterocycles. The molecule has 2 aromatic rings. The van der Waals surface area contributed by atoms with Gasteiger partial charge in [0, 0.05) is 49.7 Å². The van der Waals surface area contributed by atoms with E-state index in [4.69, 9.17) is 16.3 Å². The molecular weight excluding hydrogens is 384 g/mol. The molecule has 1 saturated heterocycles. The van der Waals surface area contributed by atoms with Gasteiger partial charge in [-0.2, -0.15) is 0 Å². The van der Waals surface area contributed by atoms with Gasteiger partial charge in [-0.15, -0.1) is 0 Å². The van der Waals surface area contributed by atoms with Crippen LogP contribution in [0.2, 0.25) is 5.02 Å². The van der Waals surface area contributed by atoms with E-state index in [-0.39, 0.29) is 23.2 Å². The Balaban J connectivity index is 1.52. The SMILES string of the molecule is COc1cccc(N2CCN(CC(=O)Nc3ccc(Cl)c([N+](=O)[O-])c3)CC2)c1. The van der Waals surface area contributed by atoms with E-state index >= 15 is 0 Å². The van der Waals surface area contributed by atoms with Gasteiger partial charge in [-0.25, -0.2) is 0 Å². The lowest BCUT2D eigenvalue weighted by Gasteiger charge is -2.35. The molecule has 9 heteroatoms. The number of amides is 1. The summed E-state index contributed by atoms with van der Waals surface area (Å²) in [5, 5.41) is 13.7. The maximum atomic E-state index is 12.3. The largest absolute Gasteiger partial charge is 0.497 e. The number of anilines is 2. The third-order valence-corrected chi connectivity index (χ3v) is 4.90. The minimum absolute atomic E-state index is 0.0386. The van der Waals surface area contributed by atoms with Crippen molar-refractivity contribution in [3.8, 4) is 5.75 Å². The third kappa shape index (κ3) is 4.90. The normalized spacial score (nSPS) is 14.6. The number of piperazine rings is 1. The third-order valence-electron chi connectivity index (χ3n) is 4.58. The van der Waals surface area contributed by atoms with Crippen LogP contribution in [0.25, 0.3) is 0 Å². The molecule has 1 N–H and O–H groups in total. The molecule has 0 saturated carbocycles. The quantitative estimate of drug-likeness (QED) is 0.588. The average Bonchev–Trinajstić information content (AvgIpc) is 2.70. The minimum atomic E-state index is -0.574. The Bertz CT molecular complexity index is 869. The van der Waals surface area contributed by atoms with Crippen LogP contribution in [0, 0.1) is 10.1 Å². The number of benzene rings is 2. The first-order valence-corrected chi connectivity index (χ1v) is 9.19. The number of halogens is 1. The topological polar surface area (TPSA) is 88.0 Å². The molecule has 0 unspecified atom stereocenters. The Morgan fingerprint density at radius 1 is 1.21 bits per heavy atom. The Labute approximate surface area is 167 Å². The van der Waals surface area contributed by atoms with Gasteiger partial charge in [0.05, 0.1) is 18.6 Å². The molecule has 1 fully saturated rings. The summed E-state index contributed by atoms with van der Waals surface area (Å²) in [7, 11) is 1.64. The number of rotatable bonds is 6. The molecule has 8 nitrogen and oxygen atoms in total. The molecule has 0 aliphatic carbocycles. The van der Waals surface area contributed by atoms with Crippen LogP contribution >= 0.6 is 11.6 Å². The highest BCUT2D eigenvalue weighted by molar-refractivity contribution is 6.32. The van der Waals surface area contributed by atoms with E-state index in [1.165, 1.54) is 12.1 Å². The van der Waals surface area contributed by atoms with Gasteiger partial charge < -0.3 is 15.0 Å². The highest BCUT2D eigenvalue weighted by Gasteiger charge is 2.20. The van der Waals surface area contributed by atoms with E-state index in [1.807, 2.05) is 24.3 Å². The highest BCUT2D eigenvalue weighted by atomic mass is 35.5. The summed E-state index contributed by atoms with van der Waals surface area (Å²) in [5.74, 6) is 0.600. The van der Waals surface area contributed by atoms with Gasteiger partial charge >= 0.3 is 0 Å². The van der Waals surface area contributed by atoms with Crippen molar-refractivity contribution < 1.29 is 14.5 Å². The summed E-state index contributed by atoms with van der Waals surface area (Å²) in [6.07, 6.45) is 0. The molecule has 1 aliphatic rings. The molecule has 0 spiro atoms. The standard InChI is InChI=1S/C19H21ClN4O4/c1-28-16-4-2-3-15(12-16)23-9-7-22(8-10-23)13-19(25)21-14-5-6-17(20)18(11-14)24(26)27/h2-6,11-12H,7-10,13H2,1H3,(H,21,25). The van der Waals surface area contributed by atoms with E-state index < -0.39 is 4.92 Å². The second kappa shape index (κ2) is 8.90. The molecule has 1 aliphatic heterocycles. The van der Waals surface area contributed by atoms with Gasteiger partial charge in [0.15, 0.2) is 0 Å². The van der Waals surface area contributed by atoms with Gasteiger partial charge in [0.25, 0.3) is 5.69 Å². The van der Waals surface area contributed by atoms with Gasteiger partial charge in [-0.1, -0.05) is 17.7 Å². The lowest BCUT2D eigenvalue weighted by molar-refractivity contribution is -0.384. The molecule has 3 rings (SSSR count). The smallest absolute Gasteiger partial charge is 0.289 e. The summed E-state index contributed by atoms with van der Waals surface area (Å²) in [5.41, 5.74) is 1.22. The molecule has 0 bridgehead atoms. The van der Waals surface area contributed by atoms with Crippen LogP contribution in [-0.2, 0) is 4.79 Å². The molecule has 1 amide bonds. The molecule has 0 radical (unpaired) electrons. The summed E-state index contributed by atoms with van der Waals surface area (Å²) >= 11 is 5.79. The Morgan fingerprint density at radius 3 is 2.64 bits per heavy atom. The zero-order valence-electron chi connectivity index (χ0n) is 15.4. The van der Waals surface area contributed by atoms with Crippen LogP contribution in [0.5, 0.6) is 5.75 Å². The monoisotopic (exact) mass is 404 g/mol. The van der Waals surface area contributed by atoms with Crippen LogP contribution < -0.4 is 15.0 Å². The summed E-state index contributed by atoms with van der Waals surface area (Å²) in [6.45, 7) is 3.30. The Hall–Kier alpha value is -2.84. The van der Waals surface area contributed by atoms with Gasteiger partial charge in [0.2, 0.25) is 5.91 Å². The van der Waals surface area contributed by atoms with E-state index in [9.17, 15) is 14.9 Å². The Morgan fingerprint density at radius 2 is 1.96 bits per heavy atom. The van der Waals surface area contributed by atoms with Crippen LogP contribution in [0.4, 0.5) is 17.1 Å². The zero-order chi connectivity index (χ0) is 20.1.